The maximum Gasteiger partial charge on any atom is 0.331 e. The fourth-order valence-electron chi connectivity index (χ4n) is 0.447. The molecule has 0 N–H and O–H groups in total. The Morgan fingerprint density at radius 3 is 0.500 bits per heavy atom. The molecule has 0 aliphatic rings. The summed E-state index contributed by atoms with van der Waals surface area (Å²) < 4.78 is 28.0. The summed E-state index contributed by atoms with van der Waals surface area (Å²) in [6, 6.07) is 0. The van der Waals surface area contributed by atoms with Crippen molar-refractivity contribution in [2.45, 2.75) is 0 Å². The molecule has 0 unspecified atom stereocenters. The molecule has 146 valence electrons. The molecule has 14 heteroatoms. The molecule has 0 aromatic heterocycles. The maximum atomic E-state index is 7.50. The predicted molar refractivity (Wildman–Crippen MR) is 78.7 cm³/mol. The van der Waals surface area contributed by atoms with Crippen LogP contribution in [0.5, 0.6) is 0 Å². The second kappa shape index (κ2) is 76.0. The summed E-state index contributed by atoms with van der Waals surface area (Å²) in [5, 5.41) is 0. The predicted octanol–water partition coefficient (Wildman–Crippen LogP) is 0.712. The average Bonchev–Trinajstić information content (AvgIpc) is 2.65. The SMILES string of the molecule is COP(OC)OC.COP(OC)OC.[C]=O.[C]=O.[C]=O.[C]=O.[Rh].[Rh]. The van der Waals surface area contributed by atoms with Gasteiger partial charge in [0, 0.05) is 81.6 Å². The molecule has 0 atom stereocenters. The molecular formula is C10H18O10P2Rh2. The Morgan fingerprint density at radius 1 is 0.417 bits per heavy atom. The zero-order chi connectivity index (χ0) is 19.4. The van der Waals surface area contributed by atoms with Gasteiger partial charge in [0.2, 0.25) is 0 Å². The molecule has 0 saturated heterocycles. The molecule has 0 fully saturated rings. The van der Waals surface area contributed by atoms with Crippen LogP contribution in [0.25, 0.3) is 0 Å². The van der Waals surface area contributed by atoms with E-state index in [0.717, 1.165) is 0 Å². The van der Waals surface area contributed by atoms with Crippen LogP contribution in [-0.2, 0) is 85.3 Å². The Labute approximate surface area is 172 Å². The summed E-state index contributed by atoms with van der Waals surface area (Å²) in [5.41, 5.74) is 0. The third-order valence-corrected chi connectivity index (χ3v) is 2.68. The first-order valence-corrected chi connectivity index (χ1v) is 6.55. The maximum absolute atomic E-state index is 7.50. The third-order valence-electron chi connectivity index (χ3n) is 0.894. The van der Waals surface area contributed by atoms with Crippen LogP contribution in [0.15, 0.2) is 0 Å². The Hall–Kier alpha value is 0.547. The molecule has 0 aromatic carbocycles. The van der Waals surface area contributed by atoms with E-state index in [2.05, 4.69) is 54.3 Å². The van der Waals surface area contributed by atoms with Gasteiger partial charge < -0.3 is 27.1 Å². The molecule has 0 aliphatic carbocycles. The molecule has 0 spiro atoms. The van der Waals surface area contributed by atoms with Gasteiger partial charge in [0.25, 0.3) is 27.2 Å². The topological polar surface area (TPSA) is 124 Å². The van der Waals surface area contributed by atoms with Gasteiger partial charge in [-0.3, -0.25) is 19.2 Å². The minimum Gasteiger partial charge on any atom is -0.316 e. The minimum atomic E-state index is -1.05. The Kier molecular flexibility index (Phi) is 157. The molecule has 24 heavy (non-hydrogen) atoms. The van der Waals surface area contributed by atoms with Crippen molar-refractivity contribution >= 4 is 44.4 Å². The summed E-state index contributed by atoms with van der Waals surface area (Å²) in [5.74, 6) is 0. The van der Waals surface area contributed by atoms with Crippen LogP contribution < -0.4 is 0 Å². The second-order valence-corrected chi connectivity index (χ2v) is 4.63. The van der Waals surface area contributed by atoms with Crippen molar-refractivity contribution in [3.05, 3.63) is 0 Å². The summed E-state index contributed by atoms with van der Waals surface area (Å²) in [4.78, 5) is 30.0. The normalized spacial score (nSPS) is 6.67. The van der Waals surface area contributed by atoms with E-state index in [1.54, 1.807) is 42.7 Å². The fraction of sp³-hybridized carbons (Fsp3) is 0.600. The van der Waals surface area contributed by atoms with Crippen LogP contribution in [0.1, 0.15) is 0 Å². The van der Waals surface area contributed by atoms with E-state index in [1.165, 1.54) is 0 Å². The quantitative estimate of drug-likeness (QED) is 0.336. The van der Waals surface area contributed by atoms with Crippen molar-refractivity contribution < 1.29 is 85.3 Å². The van der Waals surface area contributed by atoms with Crippen LogP contribution in [-0.4, -0.2) is 69.8 Å². The molecule has 0 aromatic rings. The molecule has 0 heterocycles. The number of hydrogen-bond donors (Lipinski definition) is 0. The smallest absolute Gasteiger partial charge is 0.316 e. The van der Waals surface area contributed by atoms with Crippen molar-refractivity contribution in [2.24, 2.45) is 0 Å². The van der Waals surface area contributed by atoms with Crippen molar-refractivity contribution in [2.75, 3.05) is 42.7 Å². The average molecular weight is 566 g/mol. The Morgan fingerprint density at radius 2 is 0.500 bits per heavy atom. The standard InChI is InChI=1S/2C3H9O3P.4CO.2Rh/c2*1-4-7(5-2)6-3;4*1-2;;/h2*1-3H3;;;;;;. The monoisotopic (exact) mass is 566 g/mol. The number of rotatable bonds is 6. The molecule has 10 nitrogen and oxygen atoms in total. The van der Waals surface area contributed by atoms with Crippen molar-refractivity contribution in [3.8, 4) is 0 Å². The van der Waals surface area contributed by atoms with E-state index in [1.807, 2.05) is 0 Å². The molecule has 0 saturated carbocycles. The van der Waals surface area contributed by atoms with Crippen molar-refractivity contribution in [1.29, 1.82) is 0 Å². The van der Waals surface area contributed by atoms with E-state index < -0.39 is 17.2 Å². The van der Waals surface area contributed by atoms with Crippen LogP contribution in [0.4, 0.5) is 0 Å². The summed E-state index contributed by atoms with van der Waals surface area (Å²) in [6.07, 6.45) is 0. The largest absolute Gasteiger partial charge is 0.331 e. The van der Waals surface area contributed by atoms with Gasteiger partial charge in [0.15, 0.2) is 0 Å². The van der Waals surface area contributed by atoms with Crippen LogP contribution in [0.2, 0.25) is 0 Å². The first-order chi connectivity index (χ1) is 10.7. The summed E-state index contributed by atoms with van der Waals surface area (Å²) in [6.45, 7) is 18.0. The van der Waals surface area contributed by atoms with Gasteiger partial charge in [-0.15, -0.1) is 0 Å². The van der Waals surface area contributed by atoms with Crippen molar-refractivity contribution in [3.63, 3.8) is 0 Å². The zero-order valence-electron chi connectivity index (χ0n) is 13.6. The van der Waals surface area contributed by atoms with Gasteiger partial charge in [-0.25, -0.2) is 0 Å². The van der Waals surface area contributed by atoms with E-state index in [0.29, 0.717) is 0 Å². The summed E-state index contributed by atoms with van der Waals surface area (Å²) >= 11 is 0. The zero-order valence-corrected chi connectivity index (χ0v) is 18.7. The minimum absolute atomic E-state index is 0. The Bertz CT molecular complexity index is 129. The first kappa shape index (κ1) is 49.7. The van der Waals surface area contributed by atoms with Gasteiger partial charge >= 0.3 is 17.2 Å². The number of carbonyl (C=O) groups excluding carboxylic acids is 4. The molecule has 0 rings (SSSR count). The van der Waals surface area contributed by atoms with E-state index in [4.69, 9.17) is 19.2 Å². The van der Waals surface area contributed by atoms with E-state index in [9.17, 15) is 0 Å². The molecular weight excluding hydrogens is 548 g/mol. The van der Waals surface area contributed by atoms with Crippen LogP contribution in [0, 0.1) is 0 Å². The molecule has 0 amide bonds. The van der Waals surface area contributed by atoms with Gasteiger partial charge in [0.05, 0.1) is 0 Å². The molecule has 0 bridgehead atoms. The van der Waals surface area contributed by atoms with Gasteiger partial charge in [-0.05, 0) is 0 Å². The van der Waals surface area contributed by atoms with Crippen LogP contribution in [0.3, 0.4) is 0 Å². The van der Waals surface area contributed by atoms with Gasteiger partial charge in [-0.2, -0.15) is 0 Å². The molecule has 0 aliphatic heterocycles. The third kappa shape index (κ3) is 66.5. The van der Waals surface area contributed by atoms with Gasteiger partial charge in [-0.1, -0.05) is 0 Å². The van der Waals surface area contributed by atoms with Crippen molar-refractivity contribution in [1.82, 2.24) is 0 Å². The fourth-order valence-corrected chi connectivity index (χ4v) is 1.34. The van der Waals surface area contributed by atoms with E-state index in [-0.39, 0.29) is 39.0 Å². The number of hydrogen-bond acceptors (Lipinski definition) is 10. The van der Waals surface area contributed by atoms with Gasteiger partial charge in [0.1, 0.15) is 0 Å². The molecule has 10 radical (unpaired) electrons. The first-order valence-electron chi connectivity index (χ1n) is 4.36. The summed E-state index contributed by atoms with van der Waals surface area (Å²) in [7, 11) is 7.13. The Balaban J connectivity index is -0.0000000237. The van der Waals surface area contributed by atoms with E-state index >= 15 is 0 Å². The second-order valence-electron chi connectivity index (χ2n) is 1.54. The van der Waals surface area contributed by atoms with Crippen LogP contribution >= 0.6 is 17.2 Å².